The van der Waals surface area contributed by atoms with E-state index in [0.717, 1.165) is 5.75 Å². The highest BCUT2D eigenvalue weighted by Gasteiger charge is 2.09. The van der Waals surface area contributed by atoms with Crippen molar-refractivity contribution >= 4 is 15.9 Å². The minimum atomic E-state index is 0.401. The first-order chi connectivity index (χ1) is 6.06. The van der Waals surface area contributed by atoms with Gasteiger partial charge in [0.05, 0.1) is 7.11 Å². The molecule has 1 rings (SSSR count). The van der Waals surface area contributed by atoms with Crippen molar-refractivity contribution in [2.45, 2.75) is 25.6 Å². The minimum absolute atomic E-state index is 0.401. The first kappa shape index (κ1) is 10.6. The molecule has 0 saturated carbocycles. The maximum Gasteiger partial charge on any atom is 0.119 e. The lowest BCUT2D eigenvalue weighted by Gasteiger charge is -2.13. The maximum absolute atomic E-state index is 5.20. The van der Waals surface area contributed by atoms with Crippen LogP contribution in [0.4, 0.5) is 0 Å². The molecule has 0 amide bonds. The quantitative estimate of drug-likeness (QED) is 0.718. The van der Waals surface area contributed by atoms with Crippen LogP contribution in [0, 0.1) is 13.8 Å². The molecule has 13 heavy (non-hydrogen) atoms. The second-order valence-corrected chi connectivity index (χ2v) is 4.66. The Kier molecular flexibility index (Phi) is 3.37. The summed E-state index contributed by atoms with van der Waals surface area (Å²) < 4.78 is 5.20. The number of hydrogen-bond acceptors (Lipinski definition) is 1. The van der Waals surface area contributed by atoms with Crippen LogP contribution in [0.1, 0.15) is 28.4 Å². The zero-order chi connectivity index (χ0) is 10.0. The zero-order valence-corrected chi connectivity index (χ0v) is 10.1. The van der Waals surface area contributed by atoms with Crippen LogP contribution in [-0.2, 0) is 0 Å². The Balaban J connectivity index is 3.23. The molecule has 0 aliphatic carbocycles. The zero-order valence-electron chi connectivity index (χ0n) is 8.52. The van der Waals surface area contributed by atoms with Gasteiger partial charge in [-0.2, -0.15) is 0 Å². The van der Waals surface area contributed by atoms with E-state index in [9.17, 15) is 0 Å². The van der Waals surface area contributed by atoms with E-state index in [1.807, 2.05) is 0 Å². The molecule has 0 aromatic heterocycles. The monoisotopic (exact) mass is 242 g/mol. The van der Waals surface area contributed by atoms with Crippen molar-refractivity contribution in [3.8, 4) is 5.75 Å². The van der Waals surface area contributed by atoms with Crippen LogP contribution in [0.2, 0.25) is 0 Å². The van der Waals surface area contributed by atoms with E-state index in [2.05, 4.69) is 48.8 Å². The van der Waals surface area contributed by atoms with Crippen LogP contribution in [0.5, 0.6) is 5.75 Å². The first-order valence-corrected chi connectivity index (χ1v) is 5.27. The molecule has 1 aromatic carbocycles. The third-order valence-corrected chi connectivity index (χ3v) is 2.66. The topological polar surface area (TPSA) is 9.23 Å². The summed E-state index contributed by atoms with van der Waals surface area (Å²) in [7, 11) is 1.70. The molecule has 2 heteroatoms. The van der Waals surface area contributed by atoms with Crippen LogP contribution in [-0.4, -0.2) is 7.11 Å². The molecule has 0 spiro atoms. The second kappa shape index (κ2) is 4.14. The normalized spacial score (nSPS) is 12.7. The highest BCUT2D eigenvalue weighted by molar-refractivity contribution is 9.09. The van der Waals surface area contributed by atoms with Crippen molar-refractivity contribution in [2.24, 2.45) is 0 Å². The summed E-state index contributed by atoms with van der Waals surface area (Å²) in [6.45, 7) is 6.37. The first-order valence-electron chi connectivity index (χ1n) is 4.35. The molecule has 1 nitrogen and oxygen atoms in total. The number of ether oxygens (including phenoxy) is 1. The number of alkyl halides is 1. The molecule has 0 radical (unpaired) electrons. The van der Waals surface area contributed by atoms with Gasteiger partial charge in [-0.3, -0.25) is 0 Å². The Bertz CT molecular complexity index is 282. The molecular weight excluding hydrogens is 228 g/mol. The van der Waals surface area contributed by atoms with Crippen LogP contribution < -0.4 is 4.74 Å². The number of halogens is 1. The SMILES string of the molecule is COc1cc(C)c(C(C)Br)c(C)c1. The fraction of sp³-hybridized carbons (Fsp3) is 0.455. The predicted octanol–water partition coefficient (Wildman–Crippen LogP) is 3.77. The molecule has 72 valence electrons. The smallest absolute Gasteiger partial charge is 0.119 e. The number of methoxy groups -OCH3 is 1. The molecule has 0 aliphatic rings. The van der Waals surface area contributed by atoms with Crippen molar-refractivity contribution in [1.29, 1.82) is 0 Å². The van der Waals surface area contributed by atoms with Crippen molar-refractivity contribution in [2.75, 3.05) is 7.11 Å². The lowest BCUT2D eigenvalue weighted by molar-refractivity contribution is 0.414. The number of hydrogen-bond donors (Lipinski definition) is 0. The third-order valence-electron chi connectivity index (χ3n) is 2.20. The summed E-state index contributed by atoms with van der Waals surface area (Å²) in [6.07, 6.45) is 0. The van der Waals surface area contributed by atoms with E-state index in [1.165, 1.54) is 16.7 Å². The average Bonchev–Trinajstić information content (AvgIpc) is 2.02. The van der Waals surface area contributed by atoms with E-state index in [0.29, 0.717) is 4.83 Å². The molecule has 1 unspecified atom stereocenters. The molecular formula is C11H15BrO. The van der Waals surface area contributed by atoms with Crippen LogP contribution in [0.25, 0.3) is 0 Å². The Labute approximate surface area is 88.2 Å². The van der Waals surface area contributed by atoms with Gasteiger partial charge in [-0.15, -0.1) is 0 Å². The van der Waals surface area contributed by atoms with Gasteiger partial charge in [0.25, 0.3) is 0 Å². The molecule has 0 fully saturated rings. The third kappa shape index (κ3) is 2.25. The Morgan fingerprint density at radius 3 is 2.00 bits per heavy atom. The summed E-state index contributed by atoms with van der Waals surface area (Å²) in [5.41, 5.74) is 3.92. The lowest BCUT2D eigenvalue weighted by Crippen LogP contribution is -1.95. The van der Waals surface area contributed by atoms with Gasteiger partial charge in [0.2, 0.25) is 0 Å². The fourth-order valence-electron chi connectivity index (χ4n) is 1.68. The summed E-state index contributed by atoms with van der Waals surface area (Å²) in [4.78, 5) is 0.401. The van der Waals surface area contributed by atoms with E-state index in [1.54, 1.807) is 7.11 Å². The minimum Gasteiger partial charge on any atom is -0.497 e. The van der Waals surface area contributed by atoms with Gasteiger partial charge in [0.1, 0.15) is 5.75 Å². The van der Waals surface area contributed by atoms with Crippen molar-refractivity contribution < 1.29 is 4.74 Å². The highest BCUT2D eigenvalue weighted by atomic mass is 79.9. The van der Waals surface area contributed by atoms with Gasteiger partial charge in [-0.1, -0.05) is 15.9 Å². The molecule has 0 bridgehead atoms. The van der Waals surface area contributed by atoms with Gasteiger partial charge in [-0.05, 0) is 49.6 Å². The van der Waals surface area contributed by atoms with Crippen LogP contribution in [0.15, 0.2) is 12.1 Å². The van der Waals surface area contributed by atoms with Gasteiger partial charge in [0, 0.05) is 4.83 Å². The van der Waals surface area contributed by atoms with Crippen molar-refractivity contribution in [3.05, 3.63) is 28.8 Å². The van der Waals surface area contributed by atoms with E-state index >= 15 is 0 Å². The molecule has 0 heterocycles. The van der Waals surface area contributed by atoms with Gasteiger partial charge < -0.3 is 4.74 Å². The van der Waals surface area contributed by atoms with Gasteiger partial charge >= 0.3 is 0 Å². The number of aryl methyl sites for hydroxylation is 2. The summed E-state index contributed by atoms with van der Waals surface area (Å²) in [5, 5.41) is 0. The van der Waals surface area contributed by atoms with Crippen molar-refractivity contribution in [1.82, 2.24) is 0 Å². The average molecular weight is 243 g/mol. The number of rotatable bonds is 2. The van der Waals surface area contributed by atoms with Crippen molar-refractivity contribution in [3.63, 3.8) is 0 Å². The maximum atomic E-state index is 5.20. The molecule has 0 N–H and O–H groups in total. The van der Waals surface area contributed by atoms with Gasteiger partial charge in [-0.25, -0.2) is 0 Å². The summed E-state index contributed by atoms with van der Waals surface area (Å²) >= 11 is 3.59. The molecule has 0 saturated heterocycles. The van der Waals surface area contributed by atoms with E-state index in [4.69, 9.17) is 4.74 Å². The van der Waals surface area contributed by atoms with E-state index < -0.39 is 0 Å². The Morgan fingerprint density at radius 2 is 1.69 bits per heavy atom. The standard InChI is InChI=1S/C11H15BrO/c1-7-5-10(13-4)6-8(2)11(7)9(3)12/h5-6,9H,1-4H3. The molecule has 1 atom stereocenters. The fourth-order valence-corrected chi connectivity index (χ4v) is 2.40. The Morgan fingerprint density at radius 1 is 1.23 bits per heavy atom. The number of benzene rings is 1. The van der Waals surface area contributed by atoms with Crippen LogP contribution in [0.3, 0.4) is 0 Å². The van der Waals surface area contributed by atoms with Crippen LogP contribution >= 0.6 is 15.9 Å². The largest absolute Gasteiger partial charge is 0.497 e. The summed E-state index contributed by atoms with van der Waals surface area (Å²) in [6, 6.07) is 4.14. The Hall–Kier alpha value is -0.500. The summed E-state index contributed by atoms with van der Waals surface area (Å²) in [5.74, 6) is 0.937. The highest BCUT2D eigenvalue weighted by Crippen LogP contribution is 2.31. The predicted molar refractivity (Wildman–Crippen MR) is 59.8 cm³/mol. The lowest BCUT2D eigenvalue weighted by atomic mass is 10.0. The van der Waals surface area contributed by atoms with Gasteiger partial charge in [0.15, 0.2) is 0 Å². The molecule has 1 aromatic rings. The van der Waals surface area contributed by atoms with E-state index in [-0.39, 0.29) is 0 Å². The molecule has 0 aliphatic heterocycles. The second-order valence-electron chi connectivity index (χ2n) is 3.29.